The average Bonchev–Trinajstić information content (AvgIpc) is 2.92. The van der Waals surface area contributed by atoms with Crippen LogP contribution in [0.3, 0.4) is 0 Å². The largest absolute Gasteiger partial charge is 0.407 e. The summed E-state index contributed by atoms with van der Waals surface area (Å²) in [6.45, 7) is 3.22. The minimum Gasteiger partial charge on any atom is -0.382 e. The van der Waals surface area contributed by atoms with Gasteiger partial charge in [-0.15, -0.1) is 0 Å². The lowest BCUT2D eigenvalue weighted by Crippen LogP contribution is -2.53. The van der Waals surface area contributed by atoms with E-state index in [4.69, 9.17) is 0 Å². The highest BCUT2D eigenvalue weighted by Gasteiger charge is 2.43. The topological polar surface area (TPSA) is 85.2 Å². The predicted octanol–water partition coefficient (Wildman–Crippen LogP) is 6.12. The molecule has 40 heavy (non-hydrogen) atoms. The number of hydrogen-bond donors (Lipinski definition) is 3. The van der Waals surface area contributed by atoms with Crippen molar-refractivity contribution in [2.24, 2.45) is 5.92 Å². The van der Waals surface area contributed by atoms with Gasteiger partial charge >= 0.3 is 6.18 Å². The quantitative estimate of drug-likeness (QED) is 0.247. The van der Waals surface area contributed by atoms with Gasteiger partial charge in [0.2, 0.25) is 5.91 Å². The summed E-state index contributed by atoms with van der Waals surface area (Å²) in [5.74, 6) is -1.24. The van der Waals surface area contributed by atoms with Gasteiger partial charge in [0.25, 0.3) is 6.43 Å². The first-order chi connectivity index (χ1) is 18.9. The van der Waals surface area contributed by atoms with Gasteiger partial charge in [-0.1, -0.05) is 92.7 Å². The Morgan fingerprint density at radius 2 is 1.43 bits per heavy atom. The number of alkyl halides is 5. The molecule has 0 bridgehead atoms. The molecule has 0 saturated heterocycles. The molecule has 1 amide bonds. The van der Waals surface area contributed by atoms with E-state index in [0.29, 0.717) is 11.1 Å². The van der Waals surface area contributed by atoms with Crippen molar-refractivity contribution in [1.82, 2.24) is 10.6 Å². The van der Waals surface area contributed by atoms with E-state index < -0.39 is 48.7 Å². The number of carbonyl (C=O) groups is 1. The molecule has 3 aromatic carbocycles. The highest BCUT2D eigenvalue weighted by atomic mass is 19.4. The minimum absolute atomic E-state index is 0.0251. The summed E-state index contributed by atoms with van der Waals surface area (Å²) in [5.41, 5.74) is 1.81. The molecule has 0 aliphatic rings. The third-order valence-corrected chi connectivity index (χ3v) is 6.45. The first-order valence-electron chi connectivity index (χ1n) is 12.6. The number of halogens is 5. The van der Waals surface area contributed by atoms with Gasteiger partial charge in [-0.25, -0.2) is 8.78 Å². The minimum atomic E-state index is -4.74. The van der Waals surface area contributed by atoms with Crippen molar-refractivity contribution < 1.29 is 31.9 Å². The van der Waals surface area contributed by atoms with E-state index in [9.17, 15) is 37.1 Å². The summed E-state index contributed by atoms with van der Waals surface area (Å²) in [6.07, 6.45) is -9.40. The van der Waals surface area contributed by atoms with Crippen LogP contribution >= 0.6 is 0 Å². The molecule has 212 valence electrons. The van der Waals surface area contributed by atoms with Crippen LogP contribution in [0.5, 0.6) is 0 Å². The Labute approximate surface area is 229 Å². The third kappa shape index (κ3) is 8.10. The van der Waals surface area contributed by atoms with Gasteiger partial charge in [-0.3, -0.25) is 10.1 Å². The zero-order chi connectivity index (χ0) is 29.4. The lowest BCUT2D eigenvalue weighted by atomic mass is 9.96. The second-order valence-electron chi connectivity index (χ2n) is 9.77. The Bertz CT molecular complexity index is 1270. The van der Waals surface area contributed by atoms with Crippen LogP contribution in [-0.4, -0.2) is 35.7 Å². The van der Waals surface area contributed by atoms with Crippen molar-refractivity contribution in [3.05, 3.63) is 95.6 Å². The molecule has 3 rings (SSSR count). The van der Waals surface area contributed by atoms with Gasteiger partial charge in [0.05, 0.1) is 12.1 Å². The Kier molecular flexibility index (Phi) is 10.4. The molecule has 0 aliphatic carbocycles. The van der Waals surface area contributed by atoms with Crippen LogP contribution in [-0.2, 0) is 11.2 Å². The number of amides is 1. The maximum absolute atomic E-state index is 14.2. The Hall–Kier alpha value is -3.81. The molecule has 0 radical (unpaired) electrons. The normalized spacial score (nSPS) is 14.8. The molecule has 0 aliphatic heterocycles. The summed E-state index contributed by atoms with van der Waals surface area (Å²) in [4.78, 5) is 13.0. The number of carbonyl (C=O) groups excluding carboxylic acids is 1. The van der Waals surface area contributed by atoms with E-state index in [-0.39, 0.29) is 17.5 Å². The fraction of sp³-hybridized carbons (Fsp3) is 0.333. The van der Waals surface area contributed by atoms with Crippen LogP contribution in [0.1, 0.15) is 42.7 Å². The van der Waals surface area contributed by atoms with Gasteiger partial charge in [0, 0.05) is 6.42 Å². The smallest absolute Gasteiger partial charge is 0.382 e. The third-order valence-electron chi connectivity index (χ3n) is 6.45. The summed E-state index contributed by atoms with van der Waals surface area (Å²) in [7, 11) is 0. The number of nitriles is 1. The highest BCUT2D eigenvalue weighted by Crippen LogP contribution is 2.35. The summed E-state index contributed by atoms with van der Waals surface area (Å²) in [5, 5.41) is 24.0. The number of rotatable bonds is 11. The molecule has 5 nitrogen and oxygen atoms in total. The number of hydrogen-bond acceptors (Lipinski definition) is 4. The van der Waals surface area contributed by atoms with Crippen LogP contribution < -0.4 is 10.6 Å². The number of aliphatic hydroxyl groups is 1. The van der Waals surface area contributed by atoms with Gasteiger partial charge < -0.3 is 10.4 Å². The second kappa shape index (κ2) is 13.5. The van der Waals surface area contributed by atoms with Crippen LogP contribution in [0.2, 0.25) is 0 Å². The molecule has 3 N–H and O–H groups in total. The molecule has 0 fully saturated rings. The lowest BCUT2D eigenvalue weighted by molar-refractivity contribution is -0.161. The first-order valence-corrected chi connectivity index (χ1v) is 12.6. The Morgan fingerprint density at radius 3 is 1.88 bits per heavy atom. The van der Waals surface area contributed by atoms with Gasteiger partial charge in [0.1, 0.15) is 18.2 Å². The number of nitrogens with zero attached hydrogens (tertiary/aromatic N) is 1. The zero-order valence-corrected chi connectivity index (χ0v) is 21.9. The number of nitrogens with one attached hydrogen (secondary N) is 2. The van der Waals surface area contributed by atoms with Crippen molar-refractivity contribution in [2.45, 2.75) is 57.1 Å². The fourth-order valence-corrected chi connectivity index (χ4v) is 4.26. The Balaban J connectivity index is 1.78. The average molecular weight is 560 g/mol. The van der Waals surface area contributed by atoms with E-state index in [1.54, 1.807) is 38.1 Å². The molecule has 4 atom stereocenters. The van der Waals surface area contributed by atoms with Gasteiger partial charge in [0.15, 0.2) is 0 Å². The standard InChI is InChI=1S/C30H30F5N3O2/c1-18(2)25(29(40)37-24(17-36)16-19-6-4-3-5-7-19)38-27(30(33,34)35)23-14-10-21(11-15-23)20-8-12-22(13-9-20)26(39)28(31)32/h3-15,18,24-28,38-39H,16H2,1-2H3,(H,37,40)/t24-,25-,26+,27-/m0/s1. The van der Waals surface area contributed by atoms with Crippen LogP contribution in [0.4, 0.5) is 22.0 Å². The SMILES string of the molecule is CC(C)[C@H](N[C@@H](c1ccc(-c2ccc([C@@H](O)C(F)F)cc2)cc1)C(F)(F)F)C(=O)N[C@H](C#N)Cc1ccccc1. The molecule has 0 heterocycles. The predicted molar refractivity (Wildman–Crippen MR) is 141 cm³/mol. The number of aliphatic hydroxyl groups excluding tert-OH is 1. The molecule has 0 unspecified atom stereocenters. The van der Waals surface area contributed by atoms with Crippen LogP contribution in [0.25, 0.3) is 11.1 Å². The molecule has 0 saturated carbocycles. The van der Waals surface area contributed by atoms with Crippen LogP contribution in [0, 0.1) is 17.2 Å². The highest BCUT2D eigenvalue weighted by molar-refractivity contribution is 5.82. The number of benzene rings is 3. The van der Waals surface area contributed by atoms with E-state index in [0.717, 1.165) is 5.56 Å². The molecular weight excluding hydrogens is 529 g/mol. The second-order valence-corrected chi connectivity index (χ2v) is 9.77. The summed E-state index contributed by atoms with van der Waals surface area (Å²) < 4.78 is 68.0. The van der Waals surface area contributed by atoms with Crippen molar-refractivity contribution in [3.63, 3.8) is 0 Å². The van der Waals surface area contributed by atoms with Crippen molar-refractivity contribution >= 4 is 5.91 Å². The maximum Gasteiger partial charge on any atom is 0.407 e. The molecule has 0 aromatic heterocycles. The van der Waals surface area contributed by atoms with E-state index >= 15 is 0 Å². The van der Waals surface area contributed by atoms with E-state index in [1.165, 1.54) is 48.5 Å². The fourth-order valence-electron chi connectivity index (χ4n) is 4.26. The summed E-state index contributed by atoms with van der Waals surface area (Å²) in [6, 6.07) is 17.8. The molecular formula is C30H30F5N3O2. The van der Waals surface area contributed by atoms with Gasteiger partial charge in [-0.2, -0.15) is 18.4 Å². The van der Waals surface area contributed by atoms with Crippen molar-refractivity contribution in [3.8, 4) is 17.2 Å². The lowest BCUT2D eigenvalue weighted by Gasteiger charge is -2.30. The van der Waals surface area contributed by atoms with Crippen molar-refractivity contribution in [2.75, 3.05) is 0 Å². The molecule has 0 spiro atoms. The van der Waals surface area contributed by atoms with E-state index in [2.05, 4.69) is 10.6 Å². The molecule has 3 aromatic rings. The van der Waals surface area contributed by atoms with Crippen LogP contribution in [0.15, 0.2) is 78.9 Å². The maximum atomic E-state index is 14.2. The molecule has 10 heteroatoms. The summed E-state index contributed by atoms with van der Waals surface area (Å²) >= 11 is 0. The zero-order valence-electron chi connectivity index (χ0n) is 21.9. The van der Waals surface area contributed by atoms with E-state index in [1.807, 2.05) is 12.1 Å². The van der Waals surface area contributed by atoms with Gasteiger partial charge in [-0.05, 0) is 33.7 Å². The van der Waals surface area contributed by atoms with Crippen molar-refractivity contribution in [1.29, 1.82) is 5.26 Å². The first kappa shape index (κ1) is 30.7. The monoisotopic (exact) mass is 559 g/mol. The Morgan fingerprint density at radius 1 is 0.900 bits per heavy atom.